The van der Waals surface area contributed by atoms with Crippen molar-refractivity contribution in [3.8, 4) is 0 Å². The van der Waals surface area contributed by atoms with Crippen LogP contribution < -0.4 is 11.1 Å². The average Bonchev–Trinajstić information content (AvgIpc) is 3.41. The Morgan fingerprint density at radius 2 is 2.06 bits per heavy atom. The van der Waals surface area contributed by atoms with Crippen LogP contribution in [0.25, 0.3) is 0 Å². The van der Waals surface area contributed by atoms with Crippen molar-refractivity contribution in [2.45, 2.75) is 43.0 Å². The van der Waals surface area contributed by atoms with Crippen molar-refractivity contribution in [3.05, 3.63) is 77.2 Å². The smallest absolute Gasteiger partial charge is 0.256 e. The Hall–Kier alpha value is -3.10. The molecule has 2 aromatic carbocycles. The summed E-state index contributed by atoms with van der Waals surface area (Å²) >= 11 is 1.53. The van der Waals surface area contributed by atoms with Gasteiger partial charge in [0.15, 0.2) is 0 Å². The molecule has 2 heterocycles. The van der Waals surface area contributed by atoms with Gasteiger partial charge in [-0.1, -0.05) is 29.4 Å². The van der Waals surface area contributed by atoms with Gasteiger partial charge >= 0.3 is 0 Å². The van der Waals surface area contributed by atoms with E-state index >= 15 is 0 Å². The molecule has 0 aliphatic carbocycles. The monoisotopic (exact) mass is 450 g/mol. The molecule has 1 aromatic heterocycles. The van der Waals surface area contributed by atoms with Gasteiger partial charge < -0.3 is 15.6 Å². The predicted octanol–water partition coefficient (Wildman–Crippen LogP) is 3.98. The highest BCUT2D eigenvalue weighted by Crippen LogP contribution is 2.27. The number of aryl methyl sites for hydroxylation is 1. The van der Waals surface area contributed by atoms with E-state index in [2.05, 4.69) is 15.4 Å². The molecule has 7 nitrogen and oxygen atoms in total. The molecule has 1 saturated heterocycles. The van der Waals surface area contributed by atoms with Gasteiger partial charge in [0.1, 0.15) is 5.76 Å². The third kappa shape index (κ3) is 5.38. The minimum Gasteiger partial charge on any atom is -0.368 e. The summed E-state index contributed by atoms with van der Waals surface area (Å²) in [6.45, 7) is 3.35. The maximum atomic E-state index is 13.0. The van der Waals surface area contributed by atoms with Crippen LogP contribution in [0, 0.1) is 6.92 Å². The lowest BCUT2D eigenvalue weighted by Crippen LogP contribution is -2.39. The molecule has 1 atom stereocenters. The quantitative estimate of drug-likeness (QED) is 0.504. The number of nitrogens with two attached hydrogens (primary N) is 1. The topological polar surface area (TPSA) is 101 Å². The third-order valence-corrected chi connectivity index (χ3v) is 6.54. The zero-order valence-corrected chi connectivity index (χ0v) is 18.7. The Morgan fingerprint density at radius 3 is 2.84 bits per heavy atom. The molecule has 1 fully saturated rings. The van der Waals surface area contributed by atoms with Crippen LogP contribution in [0.3, 0.4) is 0 Å². The molecule has 0 saturated carbocycles. The highest BCUT2D eigenvalue weighted by molar-refractivity contribution is 7.98. The molecule has 0 bridgehead atoms. The van der Waals surface area contributed by atoms with E-state index in [9.17, 15) is 9.59 Å². The molecular weight excluding hydrogens is 424 g/mol. The Kier molecular flexibility index (Phi) is 6.92. The highest BCUT2D eigenvalue weighted by Gasteiger charge is 2.28. The lowest BCUT2D eigenvalue weighted by Gasteiger charge is -2.22. The van der Waals surface area contributed by atoms with Crippen LogP contribution in [0.4, 0.5) is 5.69 Å². The molecule has 3 aromatic rings. The van der Waals surface area contributed by atoms with Gasteiger partial charge in [0.2, 0.25) is 5.91 Å². The molecule has 0 radical (unpaired) electrons. The number of nitrogens with zero attached hydrogens (tertiary/aromatic N) is 2. The van der Waals surface area contributed by atoms with Crippen molar-refractivity contribution in [2.24, 2.45) is 5.73 Å². The summed E-state index contributed by atoms with van der Waals surface area (Å²) in [5.74, 6) is 0.917. The predicted molar refractivity (Wildman–Crippen MR) is 124 cm³/mol. The van der Waals surface area contributed by atoms with E-state index < -0.39 is 0 Å². The van der Waals surface area contributed by atoms with Gasteiger partial charge in [-0.05, 0) is 56.1 Å². The molecule has 1 unspecified atom stereocenters. The zero-order valence-electron chi connectivity index (χ0n) is 17.9. The average molecular weight is 451 g/mol. The number of likely N-dealkylation sites (tertiary alicyclic amines) is 1. The maximum absolute atomic E-state index is 13.0. The molecule has 4 rings (SSSR count). The van der Waals surface area contributed by atoms with Gasteiger partial charge in [0, 0.05) is 23.2 Å². The second-order valence-electron chi connectivity index (χ2n) is 7.90. The molecule has 32 heavy (non-hydrogen) atoms. The van der Waals surface area contributed by atoms with Crippen molar-refractivity contribution in [1.82, 2.24) is 10.1 Å². The number of rotatable bonds is 8. The number of carbonyl (C=O) groups is 2. The first-order valence-electron chi connectivity index (χ1n) is 10.6. The van der Waals surface area contributed by atoms with Crippen LogP contribution in [0.2, 0.25) is 0 Å². The minimum absolute atomic E-state index is 0.171. The fourth-order valence-corrected chi connectivity index (χ4v) is 4.86. The first-order valence-corrected chi connectivity index (χ1v) is 11.6. The van der Waals surface area contributed by atoms with Crippen LogP contribution in [0.15, 0.2) is 64.0 Å². The molecule has 1 aliphatic heterocycles. The van der Waals surface area contributed by atoms with Crippen molar-refractivity contribution in [3.63, 3.8) is 0 Å². The summed E-state index contributed by atoms with van der Waals surface area (Å²) in [6.07, 6.45) is 1.76. The van der Waals surface area contributed by atoms with Crippen molar-refractivity contribution in [2.75, 3.05) is 11.9 Å². The largest absolute Gasteiger partial charge is 0.368 e. The van der Waals surface area contributed by atoms with E-state index in [4.69, 9.17) is 10.3 Å². The first kappa shape index (κ1) is 22.1. The Labute approximate surface area is 191 Å². The molecule has 2 amide bonds. The van der Waals surface area contributed by atoms with Gasteiger partial charge in [-0.25, -0.2) is 0 Å². The van der Waals surface area contributed by atoms with Crippen LogP contribution in [-0.4, -0.2) is 34.5 Å². The van der Waals surface area contributed by atoms with E-state index in [0.717, 1.165) is 41.3 Å². The van der Waals surface area contributed by atoms with Gasteiger partial charge in [0.25, 0.3) is 5.91 Å². The number of aromatic nitrogens is 1. The SMILES string of the molecule is Cc1cc(CSc2ccccc2C(=O)Nc2cccc(CN3CCCC3C(N)=O)c2)on1. The van der Waals surface area contributed by atoms with Crippen molar-refractivity contribution >= 4 is 29.3 Å². The van der Waals surface area contributed by atoms with E-state index in [1.54, 1.807) is 0 Å². The first-order chi connectivity index (χ1) is 15.5. The zero-order chi connectivity index (χ0) is 22.5. The molecule has 3 N–H and O–H groups in total. The number of nitrogens with one attached hydrogen (secondary N) is 1. The number of anilines is 1. The standard InChI is InChI=1S/C24H26N4O3S/c1-16-12-19(31-27-16)15-32-22-10-3-2-8-20(22)24(30)26-18-7-4-6-17(13-18)14-28-11-5-9-21(28)23(25)29/h2-4,6-8,10,12-13,21H,5,9,11,14-15H2,1H3,(H2,25,29)(H,26,30). The minimum atomic E-state index is -0.276. The molecule has 8 heteroatoms. The van der Waals surface area contributed by atoms with E-state index in [1.165, 1.54) is 11.8 Å². The lowest BCUT2D eigenvalue weighted by atomic mass is 10.1. The van der Waals surface area contributed by atoms with Crippen LogP contribution in [-0.2, 0) is 17.1 Å². The summed E-state index contributed by atoms with van der Waals surface area (Å²) in [5.41, 5.74) is 8.71. The van der Waals surface area contributed by atoms with E-state index in [1.807, 2.05) is 61.5 Å². The molecule has 166 valence electrons. The second-order valence-corrected chi connectivity index (χ2v) is 8.92. The number of benzene rings is 2. The van der Waals surface area contributed by atoms with E-state index in [-0.39, 0.29) is 17.9 Å². The number of carbonyl (C=O) groups excluding carboxylic acids is 2. The molecule has 1 aliphatic rings. The summed E-state index contributed by atoms with van der Waals surface area (Å²) < 4.78 is 5.27. The van der Waals surface area contributed by atoms with Crippen LogP contribution in [0.1, 0.15) is 40.2 Å². The van der Waals surface area contributed by atoms with Gasteiger partial charge in [-0.3, -0.25) is 14.5 Å². The van der Waals surface area contributed by atoms with Gasteiger partial charge in [-0.15, -0.1) is 11.8 Å². The summed E-state index contributed by atoms with van der Waals surface area (Å²) in [4.78, 5) is 27.6. The number of thioether (sulfide) groups is 1. The lowest BCUT2D eigenvalue weighted by molar-refractivity contribution is -0.122. The Balaban J connectivity index is 1.43. The summed E-state index contributed by atoms with van der Waals surface area (Å²) in [7, 11) is 0. The fraction of sp³-hybridized carbons (Fsp3) is 0.292. The normalized spacial score (nSPS) is 16.2. The van der Waals surface area contributed by atoms with Crippen molar-refractivity contribution in [1.29, 1.82) is 0 Å². The Morgan fingerprint density at radius 1 is 1.22 bits per heavy atom. The third-order valence-electron chi connectivity index (χ3n) is 5.44. The van der Waals surface area contributed by atoms with Gasteiger partial charge in [-0.2, -0.15) is 0 Å². The van der Waals surface area contributed by atoms with Gasteiger partial charge in [0.05, 0.1) is 23.1 Å². The number of hydrogen-bond donors (Lipinski definition) is 2. The molecular formula is C24H26N4O3S. The van der Waals surface area contributed by atoms with Crippen molar-refractivity contribution < 1.29 is 14.1 Å². The van der Waals surface area contributed by atoms with E-state index in [0.29, 0.717) is 23.5 Å². The Bertz CT molecular complexity index is 1110. The number of primary amides is 1. The van der Waals surface area contributed by atoms with Crippen LogP contribution >= 0.6 is 11.8 Å². The fourth-order valence-electron chi connectivity index (χ4n) is 3.93. The van der Waals surface area contributed by atoms with Crippen LogP contribution in [0.5, 0.6) is 0 Å². The highest BCUT2D eigenvalue weighted by atomic mass is 32.2. The molecule has 0 spiro atoms. The second kappa shape index (κ2) is 10.0. The summed E-state index contributed by atoms with van der Waals surface area (Å²) in [5, 5.41) is 6.91. The summed E-state index contributed by atoms with van der Waals surface area (Å²) in [6, 6.07) is 16.9. The number of amides is 2. The number of hydrogen-bond acceptors (Lipinski definition) is 6. The maximum Gasteiger partial charge on any atom is 0.256 e.